The maximum absolute atomic E-state index is 10.1. The summed E-state index contributed by atoms with van der Waals surface area (Å²) in [7, 11) is 0. The lowest BCUT2D eigenvalue weighted by Gasteiger charge is -2.23. The summed E-state index contributed by atoms with van der Waals surface area (Å²) < 4.78 is 5.56. The third-order valence-electron chi connectivity index (χ3n) is 3.28. The van der Waals surface area contributed by atoms with Crippen molar-refractivity contribution < 1.29 is 9.84 Å². The average Bonchev–Trinajstić information content (AvgIpc) is 3.00. The maximum Gasteiger partial charge on any atom is 0.119 e. The highest BCUT2D eigenvalue weighted by Crippen LogP contribution is 2.25. The van der Waals surface area contributed by atoms with Crippen molar-refractivity contribution in [1.82, 2.24) is 5.32 Å². The number of rotatable bonds is 8. The second kappa shape index (κ2) is 8.17. The molecule has 0 aliphatic carbocycles. The SMILES string of the molecule is CC(C)C(NCC(O)COc1ccccc1)c1cccs1. The quantitative estimate of drug-likeness (QED) is 0.784. The topological polar surface area (TPSA) is 41.5 Å². The van der Waals surface area contributed by atoms with Crippen LogP contribution in [0.5, 0.6) is 5.75 Å². The van der Waals surface area contributed by atoms with Crippen molar-refractivity contribution in [2.24, 2.45) is 5.92 Å². The van der Waals surface area contributed by atoms with Gasteiger partial charge in [0.15, 0.2) is 0 Å². The molecule has 0 aliphatic rings. The first kappa shape index (κ1) is 16.0. The third-order valence-corrected chi connectivity index (χ3v) is 4.23. The van der Waals surface area contributed by atoms with Crippen LogP contribution in [0.4, 0.5) is 0 Å². The molecule has 2 aromatic rings. The molecular weight excluding hydrogens is 282 g/mol. The highest BCUT2D eigenvalue weighted by molar-refractivity contribution is 7.10. The van der Waals surface area contributed by atoms with Crippen LogP contribution in [-0.2, 0) is 0 Å². The molecule has 4 heteroatoms. The number of thiophene rings is 1. The fourth-order valence-electron chi connectivity index (χ4n) is 2.16. The first-order valence-corrected chi connectivity index (χ1v) is 8.17. The van der Waals surface area contributed by atoms with Gasteiger partial charge in [0.25, 0.3) is 0 Å². The van der Waals surface area contributed by atoms with E-state index in [4.69, 9.17) is 4.74 Å². The Hall–Kier alpha value is -1.36. The minimum Gasteiger partial charge on any atom is -0.491 e. The number of aliphatic hydroxyl groups is 1. The summed E-state index contributed by atoms with van der Waals surface area (Å²) in [6.07, 6.45) is -0.522. The van der Waals surface area contributed by atoms with Gasteiger partial charge in [-0.2, -0.15) is 0 Å². The summed E-state index contributed by atoms with van der Waals surface area (Å²) in [5.41, 5.74) is 0. The van der Waals surface area contributed by atoms with Gasteiger partial charge < -0.3 is 15.2 Å². The monoisotopic (exact) mass is 305 g/mol. The summed E-state index contributed by atoms with van der Waals surface area (Å²) in [6, 6.07) is 14.0. The molecule has 0 radical (unpaired) electrons. The number of benzene rings is 1. The Morgan fingerprint density at radius 1 is 1.14 bits per heavy atom. The van der Waals surface area contributed by atoms with Crippen molar-refractivity contribution in [3.05, 3.63) is 52.7 Å². The summed E-state index contributed by atoms with van der Waals surface area (Å²) in [5, 5.41) is 15.6. The van der Waals surface area contributed by atoms with Gasteiger partial charge >= 0.3 is 0 Å². The van der Waals surface area contributed by atoms with Crippen LogP contribution in [0.25, 0.3) is 0 Å². The Morgan fingerprint density at radius 2 is 1.90 bits per heavy atom. The molecule has 1 aromatic heterocycles. The fourth-order valence-corrected chi connectivity index (χ4v) is 3.14. The molecule has 0 saturated heterocycles. The van der Waals surface area contributed by atoms with Crippen LogP contribution >= 0.6 is 11.3 Å². The molecule has 0 fully saturated rings. The Morgan fingerprint density at radius 3 is 2.52 bits per heavy atom. The first-order chi connectivity index (χ1) is 10.2. The van der Waals surface area contributed by atoms with Crippen molar-refractivity contribution in [2.45, 2.75) is 26.0 Å². The minimum atomic E-state index is -0.522. The lowest BCUT2D eigenvalue weighted by atomic mass is 10.0. The smallest absolute Gasteiger partial charge is 0.119 e. The van der Waals surface area contributed by atoms with Crippen molar-refractivity contribution in [3.8, 4) is 5.75 Å². The summed E-state index contributed by atoms with van der Waals surface area (Å²) in [5.74, 6) is 1.26. The molecule has 114 valence electrons. The Labute approximate surface area is 130 Å². The van der Waals surface area contributed by atoms with Crippen LogP contribution in [0.1, 0.15) is 24.8 Å². The molecule has 3 nitrogen and oxygen atoms in total. The van der Waals surface area contributed by atoms with Crippen molar-refractivity contribution in [3.63, 3.8) is 0 Å². The minimum absolute atomic E-state index is 0.274. The van der Waals surface area contributed by atoms with Crippen LogP contribution in [0, 0.1) is 5.92 Å². The predicted molar refractivity (Wildman–Crippen MR) is 87.8 cm³/mol. The lowest BCUT2D eigenvalue weighted by Crippen LogP contribution is -2.35. The molecule has 0 spiro atoms. The molecule has 0 bridgehead atoms. The van der Waals surface area contributed by atoms with E-state index in [0.29, 0.717) is 19.1 Å². The van der Waals surface area contributed by atoms with E-state index in [1.807, 2.05) is 30.3 Å². The number of ether oxygens (including phenoxy) is 1. The van der Waals surface area contributed by atoms with Gasteiger partial charge in [0.1, 0.15) is 18.5 Å². The highest BCUT2D eigenvalue weighted by Gasteiger charge is 2.17. The number of nitrogens with one attached hydrogen (secondary N) is 1. The second-order valence-electron chi connectivity index (χ2n) is 5.42. The second-order valence-corrected chi connectivity index (χ2v) is 6.40. The van der Waals surface area contributed by atoms with E-state index in [-0.39, 0.29) is 6.04 Å². The molecule has 2 unspecified atom stereocenters. The molecule has 2 atom stereocenters. The molecule has 1 aromatic carbocycles. The van der Waals surface area contributed by atoms with Crippen LogP contribution in [-0.4, -0.2) is 24.4 Å². The van der Waals surface area contributed by atoms with Gasteiger partial charge in [-0.3, -0.25) is 0 Å². The summed E-state index contributed by atoms with van der Waals surface area (Å²) in [4.78, 5) is 1.31. The molecule has 2 rings (SSSR count). The molecular formula is C17H23NO2S. The van der Waals surface area contributed by atoms with Gasteiger partial charge in [0.05, 0.1) is 0 Å². The Bertz CT molecular complexity index is 499. The molecule has 0 amide bonds. The van der Waals surface area contributed by atoms with Crippen LogP contribution in [0.3, 0.4) is 0 Å². The predicted octanol–water partition coefficient (Wildman–Crippen LogP) is 3.47. The van der Waals surface area contributed by atoms with Gasteiger partial charge in [-0.05, 0) is 29.5 Å². The molecule has 21 heavy (non-hydrogen) atoms. The zero-order valence-electron chi connectivity index (χ0n) is 12.5. The van der Waals surface area contributed by atoms with Gasteiger partial charge in [-0.1, -0.05) is 38.1 Å². The van der Waals surface area contributed by atoms with E-state index in [1.54, 1.807) is 11.3 Å². The summed E-state index contributed by atoms with van der Waals surface area (Å²) in [6.45, 7) is 5.19. The number of para-hydroxylation sites is 1. The average molecular weight is 305 g/mol. The van der Waals surface area contributed by atoms with E-state index >= 15 is 0 Å². The standard InChI is InChI=1S/C17H23NO2S/c1-13(2)17(16-9-6-10-21-16)18-11-14(19)12-20-15-7-4-3-5-8-15/h3-10,13-14,17-19H,11-12H2,1-2H3. The molecule has 1 heterocycles. The fraction of sp³-hybridized carbons (Fsp3) is 0.412. The summed E-state index contributed by atoms with van der Waals surface area (Å²) >= 11 is 1.75. The Balaban J connectivity index is 1.78. The van der Waals surface area contributed by atoms with Crippen LogP contribution in [0.15, 0.2) is 47.8 Å². The molecule has 0 aliphatic heterocycles. The number of hydrogen-bond acceptors (Lipinski definition) is 4. The van der Waals surface area contributed by atoms with E-state index in [9.17, 15) is 5.11 Å². The first-order valence-electron chi connectivity index (χ1n) is 7.29. The highest BCUT2D eigenvalue weighted by atomic mass is 32.1. The van der Waals surface area contributed by atoms with Crippen molar-refractivity contribution in [2.75, 3.05) is 13.2 Å². The van der Waals surface area contributed by atoms with E-state index in [0.717, 1.165) is 5.75 Å². The number of aliphatic hydroxyl groups excluding tert-OH is 1. The zero-order chi connectivity index (χ0) is 15.1. The number of hydrogen-bond donors (Lipinski definition) is 2. The van der Waals surface area contributed by atoms with Crippen molar-refractivity contribution >= 4 is 11.3 Å². The largest absolute Gasteiger partial charge is 0.491 e. The van der Waals surface area contributed by atoms with E-state index in [1.165, 1.54) is 4.88 Å². The van der Waals surface area contributed by atoms with Gasteiger partial charge in [0, 0.05) is 17.5 Å². The van der Waals surface area contributed by atoms with Gasteiger partial charge in [-0.15, -0.1) is 11.3 Å². The van der Waals surface area contributed by atoms with Crippen LogP contribution in [0.2, 0.25) is 0 Å². The van der Waals surface area contributed by atoms with Gasteiger partial charge in [0.2, 0.25) is 0 Å². The van der Waals surface area contributed by atoms with Crippen molar-refractivity contribution in [1.29, 1.82) is 0 Å². The lowest BCUT2D eigenvalue weighted by molar-refractivity contribution is 0.102. The van der Waals surface area contributed by atoms with Crippen LogP contribution < -0.4 is 10.1 Å². The normalized spacial score (nSPS) is 14.1. The van der Waals surface area contributed by atoms with E-state index in [2.05, 4.69) is 36.7 Å². The zero-order valence-corrected chi connectivity index (χ0v) is 13.3. The Kier molecular flexibility index (Phi) is 6.23. The maximum atomic E-state index is 10.1. The third kappa shape index (κ3) is 5.16. The molecule has 0 saturated carbocycles. The molecule has 2 N–H and O–H groups in total. The van der Waals surface area contributed by atoms with Gasteiger partial charge in [-0.25, -0.2) is 0 Å². The van der Waals surface area contributed by atoms with E-state index < -0.39 is 6.10 Å².